The average molecular weight is 361 g/mol. The molecular weight excluding hydrogens is 346 g/mol. The second-order valence-corrected chi connectivity index (χ2v) is 6.91. The standard InChI is InChI=1S/C21H15NO3S/c23-20-19(26-21(24)22-20)12-14-6-9-18(10-7-14)25-13-15-5-8-16-3-1-2-4-17(16)11-15/h1-12H,13H2,(H,22,23,24)/b19-12-. The van der Waals surface area contributed by atoms with E-state index in [0.29, 0.717) is 11.5 Å². The molecule has 0 aromatic heterocycles. The van der Waals surface area contributed by atoms with Gasteiger partial charge in [-0.2, -0.15) is 0 Å². The summed E-state index contributed by atoms with van der Waals surface area (Å²) < 4.78 is 5.84. The topological polar surface area (TPSA) is 55.4 Å². The lowest BCUT2D eigenvalue weighted by molar-refractivity contribution is -0.115. The number of rotatable bonds is 4. The summed E-state index contributed by atoms with van der Waals surface area (Å²) in [5.74, 6) is 0.400. The van der Waals surface area contributed by atoms with Crippen LogP contribution in [0, 0.1) is 0 Å². The molecule has 1 aliphatic rings. The van der Waals surface area contributed by atoms with Crippen LogP contribution in [-0.2, 0) is 11.4 Å². The predicted octanol–water partition coefficient (Wildman–Crippen LogP) is 4.74. The Labute approximate surface area is 154 Å². The summed E-state index contributed by atoms with van der Waals surface area (Å²) in [7, 11) is 0. The first-order valence-electron chi connectivity index (χ1n) is 8.13. The molecule has 26 heavy (non-hydrogen) atoms. The minimum absolute atomic E-state index is 0.336. The van der Waals surface area contributed by atoms with Crippen LogP contribution in [0.15, 0.2) is 71.6 Å². The summed E-state index contributed by atoms with van der Waals surface area (Å²) >= 11 is 0.911. The highest BCUT2D eigenvalue weighted by Crippen LogP contribution is 2.26. The van der Waals surface area contributed by atoms with E-state index in [-0.39, 0.29) is 11.1 Å². The van der Waals surface area contributed by atoms with E-state index >= 15 is 0 Å². The Balaban J connectivity index is 1.43. The molecular formula is C21H15NO3S. The number of benzene rings is 3. The zero-order valence-electron chi connectivity index (χ0n) is 13.8. The molecule has 1 saturated heterocycles. The highest BCUT2D eigenvalue weighted by molar-refractivity contribution is 8.18. The first-order valence-corrected chi connectivity index (χ1v) is 8.94. The minimum Gasteiger partial charge on any atom is -0.489 e. The van der Waals surface area contributed by atoms with Crippen molar-refractivity contribution in [1.29, 1.82) is 0 Å². The Hall–Kier alpha value is -3.05. The maximum absolute atomic E-state index is 11.6. The van der Waals surface area contributed by atoms with Crippen molar-refractivity contribution in [2.45, 2.75) is 6.61 Å². The molecule has 128 valence electrons. The number of carbonyl (C=O) groups excluding carboxylic acids is 2. The van der Waals surface area contributed by atoms with Crippen molar-refractivity contribution >= 4 is 39.8 Å². The van der Waals surface area contributed by atoms with Crippen molar-refractivity contribution in [2.75, 3.05) is 0 Å². The number of hydrogen-bond acceptors (Lipinski definition) is 4. The lowest BCUT2D eigenvalue weighted by atomic mass is 10.1. The van der Waals surface area contributed by atoms with Crippen LogP contribution in [0.3, 0.4) is 0 Å². The third-order valence-corrected chi connectivity index (χ3v) is 4.85. The number of ether oxygens (including phenoxy) is 1. The van der Waals surface area contributed by atoms with Gasteiger partial charge in [-0.1, -0.05) is 48.5 Å². The van der Waals surface area contributed by atoms with Gasteiger partial charge in [-0.3, -0.25) is 14.9 Å². The highest BCUT2D eigenvalue weighted by Gasteiger charge is 2.24. The fourth-order valence-electron chi connectivity index (χ4n) is 2.73. The largest absolute Gasteiger partial charge is 0.489 e. The van der Waals surface area contributed by atoms with Crippen LogP contribution < -0.4 is 10.1 Å². The molecule has 1 fully saturated rings. The van der Waals surface area contributed by atoms with Gasteiger partial charge >= 0.3 is 0 Å². The third-order valence-electron chi connectivity index (χ3n) is 4.04. The van der Waals surface area contributed by atoms with Gasteiger partial charge in [-0.05, 0) is 57.9 Å². The van der Waals surface area contributed by atoms with Crippen LogP contribution in [0.2, 0.25) is 0 Å². The zero-order valence-corrected chi connectivity index (χ0v) is 14.6. The minimum atomic E-state index is -0.350. The predicted molar refractivity (Wildman–Crippen MR) is 104 cm³/mol. The van der Waals surface area contributed by atoms with Gasteiger partial charge in [-0.15, -0.1) is 0 Å². The molecule has 4 rings (SSSR count). The summed E-state index contributed by atoms with van der Waals surface area (Å²) in [5.41, 5.74) is 1.95. The molecule has 4 nitrogen and oxygen atoms in total. The highest BCUT2D eigenvalue weighted by atomic mass is 32.2. The van der Waals surface area contributed by atoms with E-state index in [1.165, 1.54) is 10.8 Å². The summed E-state index contributed by atoms with van der Waals surface area (Å²) in [5, 5.41) is 4.31. The summed E-state index contributed by atoms with van der Waals surface area (Å²) in [4.78, 5) is 23.1. The maximum Gasteiger partial charge on any atom is 0.290 e. The van der Waals surface area contributed by atoms with Crippen molar-refractivity contribution in [3.63, 3.8) is 0 Å². The summed E-state index contributed by atoms with van der Waals surface area (Å²) in [6.45, 7) is 0.484. The Morgan fingerprint density at radius 2 is 1.69 bits per heavy atom. The number of nitrogens with one attached hydrogen (secondary N) is 1. The second kappa shape index (κ2) is 7.06. The number of thioether (sulfide) groups is 1. The van der Waals surface area contributed by atoms with Gasteiger partial charge < -0.3 is 4.74 Å². The lowest BCUT2D eigenvalue weighted by Gasteiger charge is -2.08. The van der Waals surface area contributed by atoms with Crippen molar-refractivity contribution < 1.29 is 14.3 Å². The van der Waals surface area contributed by atoms with E-state index in [9.17, 15) is 9.59 Å². The van der Waals surface area contributed by atoms with E-state index in [2.05, 4.69) is 35.6 Å². The van der Waals surface area contributed by atoms with Crippen LogP contribution >= 0.6 is 11.8 Å². The van der Waals surface area contributed by atoms with Crippen molar-refractivity contribution in [3.8, 4) is 5.75 Å². The van der Waals surface area contributed by atoms with E-state index in [1.807, 2.05) is 36.4 Å². The quantitative estimate of drug-likeness (QED) is 0.682. The molecule has 0 radical (unpaired) electrons. The van der Waals surface area contributed by atoms with E-state index in [4.69, 9.17) is 4.74 Å². The normalized spacial score (nSPS) is 15.5. The molecule has 0 aliphatic carbocycles. The molecule has 0 atom stereocenters. The smallest absolute Gasteiger partial charge is 0.290 e. The molecule has 1 heterocycles. The van der Waals surface area contributed by atoms with E-state index < -0.39 is 0 Å². The lowest BCUT2D eigenvalue weighted by Crippen LogP contribution is -2.17. The van der Waals surface area contributed by atoms with Gasteiger partial charge in [0.2, 0.25) is 0 Å². The van der Waals surface area contributed by atoms with Crippen LogP contribution in [0.4, 0.5) is 4.79 Å². The Morgan fingerprint density at radius 3 is 2.42 bits per heavy atom. The monoisotopic (exact) mass is 361 g/mol. The van der Waals surface area contributed by atoms with Gasteiger partial charge in [0, 0.05) is 0 Å². The molecule has 0 bridgehead atoms. The average Bonchev–Trinajstić information content (AvgIpc) is 2.98. The first-order chi connectivity index (χ1) is 12.7. The maximum atomic E-state index is 11.6. The second-order valence-electron chi connectivity index (χ2n) is 5.89. The molecule has 5 heteroatoms. The van der Waals surface area contributed by atoms with Crippen LogP contribution in [0.5, 0.6) is 5.75 Å². The van der Waals surface area contributed by atoms with Crippen molar-refractivity contribution in [1.82, 2.24) is 5.32 Å². The van der Waals surface area contributed by atoms with Crippen molar-refractivity contribution in [2.24, 2.45) is 0 Å². The number of imide groups is 1. The third kappa shape index (κ3) is 3.63. The molecule has 2 amide bonds. The Kier molecular flexibility index (Phi) is 4.46. The fraction of sp³-hybridized carbons (Fsp3) is 0.0476. The van der Waals surface area contributed by atoms with Crippen LogP contribution in [0.25, 0.3) is 16.8 Å². The molecule has 0 saturated carbocycles. The van der Waals surface area contributed by atoms with Crippen LogP contribution in [-0.4, -0.2) is 11.1 Å². The van der Waals surface area contributed by atoms with Gasteiger partial charge in [0.05, 0.1) is 4.91 Å². The number of amides is 2. The number of hydrogen-bond donors (Lipinski definition) is 1. The van der Waals surface area contributed by atoms with Gasteiger partial charge in [0.15, 0.2) is 0 Å². The molecule has 3 aromatic rings. The SMILES string of the molecule is O=C1NC(=O)/C(=C/c2ccc(OCc3ccc4ccccc4c3)cc2)S1. The van der Waals surface area contributed by atoms with E-state index in [1.54, 1.807) is 6.08 Å². The fourth-order valence-corrected chi connectivity index (χ4v) is 3.41. The molecule has 0 spiro atoms. The van der Waals surface area contributed by atoms with Crippen LogP contribution in [0.1, 0.15) is 11.1 Å². The Bertz CT molecular complexity index is 1020. The number of fused-ring (bicyclic) bond motifs is 1. The zero-order chi connectivity index (χ0) is 17.9. The van der Waals surface area contributed by atoms with Gasteiger partial charge in [0.1, 0.15) is 12.4 Å². The van der Waals surface area contributed by atoms with Crippen molar-refractivity contribution in [3.05, 3.63) is 82.8 Å². The Morgan fingerprint density at radius 1 is 0.923 bits per heavy atom. The molecule has 1 aliphatic heterocycles. The first kappa shape index (κ1) is 16.4. The molecule has 3 aromatic carbocycles. The molecule has 1 N–H and O–H groups in total. The number of carbonyl (C=O) groups is 2. The van der Waals surface area contributed by atoms with Gasteiger partial charge in [0.25, 0.3) is 11.1 Å². The van der Waals surface area contributed by atoms with E-state index in [0.717, 1.165) is 28.6 Å². The molecule has 0 unspecified atom stereocenters. The van der Waals surface area contributed by atoms with Gasteiger partial charge in [-0.25, -0.2) is 0 Å². The summed E-state index contributed by atoms with van der Waals surface area (Å²) in [6, 6.07) is 21.9. The summed E-state index contributed by atoms with van der Waals surface area (Å²) in [6.07, 6.45) is 1.69.